The van der Waals surface area contributed by atoms with E-state index in [1.165, 1.54) is 24.3 Å². The normalized spacial score (nSPS) is 14.2. The summed E-state index contributed by atoms with van der Waals surface area (Å²) in [5, 5.41) is 13.4. The zero-order chi connectivity index (χ0) is 23.8. The summed E-state index contributed by atoms with van der Waals surface area (Å²) in [5.41, 5.74) is 0.782. The highest BCUT2D eigenvalue weighted by Gasteiger charge is 2.33. The van der Waals surface area contributed by atoms with Gasteiger partial charge in [0.2, 0.25) is 0 Å². The van der Waals surface area contributed by atoms with Crippen molar-refractivity contribution < 1.29 is 27.6 Å². The Balaban J connectivity index is 1.66. The molecule has 33 heavy (non-hydrogen) atoms. The Morgan fingerprint density at radius 2 is 1.88 bits per heavy atom. The van der Waals surface area contributed by atoms with Gasteiger partial charge in [-0.2, -0.15) is 13.2 Å². The number of nitrogens with zero attached hydrogens (tertiary/aromatic N) is 1. The number of non-ortho nitro benzene ring substituents is 1. The van der Waals surface area contributed by atoms with Crippen molar-refractivity contribution in [1.82, 2.24) is 0 Å². The Kier molecular flexibility index (Phi) is 5.94. The second-order valence-corrected chi connectivity index (χ2v) is 8.08. The number of fused-ring (bicyclic) bond motifs is 1. The predicted molar refractivity (Wildman–Crippen MR) is 120 cm³/mol. The van der Waals surface area contributed by atoms with E-state index in [4.69, 9.17) is 4.74 Å². The smallest absolute Gasteiger partial charge is 0.416 e. The topological polar surface area (TPSA) is 81.5 Å². The zero-order valence-electron chi connectivity index (χ0n) is 16.7. The van der Waals surface area contributed by atoms with Gasteiger partial charge in [0.15, 0.2) is 0 Å². The van der Waals surface area contributed by atoms with Crippen molar-refractivity contribution in [3.8, 4) is 5.75 Å². The molecule has 3 aromatic rings. The lowest BCUT2D eigenvalue weighted by atomic mass is 10.0. The van der Waals surface area contributed by atoms with Crippen LogP contribution in [0.3, 0.4) is 0 Å². The molecule has 1 heterocycles. The minimum Gasteiger partial charge on any atom is -0.488 e. The quantitative estimate of drug-likeness (QED) is 0.239. The number of anilines is 1. The van der Waals surface area contributed by atoms with E-state index >= 15 is 0 Å². The maximum Gasteiger partial charge on any atom is 0.416 e. The van der Waals surface area contributed by atoms with Gasteiger partial charge in [0.1, 0.15) is 12.4 Å². The van der Waals surface area contributed by atoms with E-state index in [0.29, 0.717) is 26.9 Å². The number of nitrogens with one attached hydrogen (secondary N) is 1. The van der Waals surface area contributed by atoms with Gasteiger partial charge in [-0.15, -0.1) is 0 Å². The highest BCUT2D eigenvalue weighted by molar-refractivity contribution is 9.10. The van der Waals surface area contributed by atoms with Gasteiger partial charge in [0.25, 0.3) is 11.6 Å². The standard InChI is InChI=1S/C23H14BrF3N2O4/c24-16-5-7-21(33-12-13-2-1-3-17(8-13)29(31)32)14(9-16)10-19-18-6-4-15(23(25,26)27)11-20(18)28-22(19)30/h1-11H,12H2,(H,28,30)/b19-10-. The van der Waals surface area contributed by atoms with Gasteiger partial charge in [-0.05, 0) is 42.0 Å². The molecule has 0 aromatic heterocycles. The van der Waals surface area contributed by atoms with Gasteiger partial charge in [-0.25, -0.2) is 0 Å². The average molecular weight is 519 g/mol. The van der Waals surface area contributed by atoms with Crippen LogP contribution >= 0.6 is 15.9 Å². The maximum absolute atomic E-state index is 13.0. The molecule has 4 rings (SSSR count). The Morgan fingerprint density at radius 1 is 1.09 bits per heavy atom. The molecule has 168 valence electrons. The third-order valence-electron chi connectivity index (χ3n) is 4.92. The summed E-state index contributed by atoms with van der Waals surface area (Å²) in [7, 11) is 0. The first-order valence-corrected chi connectivity index (χ1v) is 10.3. The molecule has 0 aliphatic carbocycles. The van der Waals surface area contributed by atoms with Gasteiger partial charge in [0.05, 0.1) is 10.5 Å². The maximum atomic E-state index is 13.0. The van der Waals surface area contributed by atoms with E-state index in [0.717, 1.165) is 12.1 Å². The van der Waals surface area contributed by atoms with Gasteiger partial charge in [-0.1, -0.05) is 34.1 Å². The molecule has 0 saturated heterocycles. The van der Waals surface area contributed by atoms with Crippen LogP contribution in [0.5, 0.6) is 5.75 Å². The molecule has 3 aromatic carbocycles. The van der Waals surface area contributed by atoms with Crippen molar-refractivity contribution in [2.45, 2.75) is 12.8 Å². The van der Waals surface area contributed by atoms with Crippen LogP contribution in [0.25, 0.3) is 11.6 Å². The van der Waals surface area contributed by atoms with Crippen molar-refractivity contribution in [2.24, 2.45) is 0 Å². The number of alkyl halides is 3. The van der Waals surface area contributed by atoms with Crippen LogP contribution in [0, 0.1) is 10.1 Å². The fourth-order valence-electron chi connectivity index (χ4n) is 3.35. The summed E-state index contributed by atoms with van der Waals surface area (Å²) in [4.78, 5) is 23.0. The van der Waals surface area contributed by atoms with E-state index in [1.54, 1.807) is 30.3 Å². The second-order valence-electron chi connectivity index (χ2n) is 7.17. The number of halogens is 4. The molecule has 1 amide bonds. The summed E-state index contributed by atoms with van der Waals surface area (Å²) in [6, 6.07) is 14.2. The number of carbonyl (C=O) groups excluding carboxylic acids is 1. The number of nitro benzene ring substituents is 1. The van der Waals surface area contributed by atoms with Gasteiger partial charge >= 0.3 is 6.18 Å². The molecule has 1 N–H and O–H groups in total. The van der Waals surface area contributed by atoms with Crippen LogP contribution in [-0.2, 0) is 17.6 Å². The minimum atomic E-state index is -4.52. The molecular weight excluding hydrogens is 505 g/mol. The SMILES string of the molecule is O=C1Nc2cc(C(F)(F)F)ccc2/C1=C/c1cc(Br)ccc1OCc1cccc([N+](=O)[O-])c1. The van der Waals surface area contributed by atoms with Gasteiger partial charge in [0, 0.05) is 39.0 Å². The number of ether oxygens (including phenoxy) is 1. The monoisotopic (exact) mass is 518 g/mol. The van der Waals surface area contributed by atoms with Crippen molar-refractivity contribution in [2.75, 3.05) is 5.32 Å². The minimum absolute atomic E-state index is 0.0389. The van der Waals surface area contributed by atoms with E-state index < -0.39 is 22.6 Å². The van der Waals surface area contributed by atoms with Crippen LogP contribution in [-0.4, -0.2) is 10.8 Å². The Hall–Kier alpha value is -3.66. The lowest BCUT2D eigenvalue weighted by Crippen LogP contribution is -2.06. The number of hydrogen-bond donors (Lipinski definition) is 1. The number of carbonyl (C=O) groups is 1. The van der Waals surface area contributed by atoms with Crippen LogP contribution in [0.1, 0.15) is 22.3 Å². The number of rotatable bonds is 5. The van der Waals surface area contributed by atoms with Crippen LogP contribution in [0.4, 0.5) is 24.5 Å². The third-order valence-corrected chi connectivity index (χ3v) is 5.41. The molecule has 0 saturated carbocycles. The zero-order valence-corrected chi connectivity index (χ0v) is 18.2. The molecule has 10 heteroatoms. The van der Waals surface area contributed by atoms with Crippen molar-refractivity contribution in [1.29, 1.82) is 0 Å². The molecule has 1 aliphatic heterocycles. The largest absolute Gasteiger partial charge is 0.488 e. The Labute approximate surface area is 194 Å². The van der Waals surface area contributed by atoms with Gasteiger partial charge < -0.3 is 10.1 Å². The van der Waals surface area contributed by atoms with Gasteiger partial charge in [-0.3, -0.25) is 14.9 Å². The number of benzene rings is 3. The van der Waals surface area contributed by atoms with Crippen molar-refractivity contribution in [3.63, 3.8) is 0 Å². The predicted octanol–water partition coefficient (Wildman–Crippen LogP) is 6.45. The average Bonchev–Trinajstić information content (AvgIpc) is 3.07. The molecule has 0 fully saturated rings. The lowest BCUT2D eigenvalue weighted by Gasteiger charge is -2.11. The fourth-order valence-corrected chi connectivity index (χ4v) is 3.73. The lowest BCUT2D eigenvalue weighted by molar-refractivity contribution is -0.384. The fraction of sp³-hybridized carbons (Fsp3) is 0.0870. The summed E-state index contributed by atoms with van der Waals surface area (Å²) >= 11 is 3.36. The number of nitro groups is 1. The summed E-state index contributed by atoms with van der Waals surface area (Å²) in [5.74, 6) is -0.140. The molecule has 0 spiro atoms. The first kappa shape index (κ1) is 22.5. The van der Waals surface area contributed by atoms with Crippen molar-refractivity contribution in [3.05, 3.63) is 97.5 Å². The van der Waals surface area contributed by atoms with E-state index in [1.807, 2.05) is 0 Å². The molecule has 0 bridgehead atoms. The molecule has 6 nitrogen and oxygen atoms in total. The van der Waals surface area contributed by atoms with Crippen LogP contribution < -0.4 is 10.1 Å². The highest BCUT2D eigenvalue weighted by atomic mass is 79.9. The summed E-state index contributed by atoms with van der Waals surface area (Å²) in [6.07, 6.45) is -2.99. The first-order chi connectivity index (χ1) is 15.6. The summed E-state index contributed by atoms with van der Waals surface area (Å²) in [6.45, 7) is 0.0389. The number of amides is 1. The first-order valence-electron chi connectivity index (χ1n) is 9.52. The molecule has 0 atom stereocenters. The van der Waals surface area contributed by atoms with E-state index in [9.17, 15) is 28.1 Å². The number of hydrogen-bond acceptors (Lipinski definition) is 4. The molecule has 1 aliphatic rings. The molecular formula is C23H14BrF3N2O4. The second kappa shape index (κ2) is 8.70. The van der Waals surface area contributed by atoms with Crippen LogP contribution in [0.2, 0.25) is 0 Å². The Morgan fingerprint density at radius 3 is 2.61 bits per heavy atom. The highest BCUT2D eigenvalue weighted by Crippen LogP contribution is 2.39. The summed E-state index contributed by atoms with van der Waals surface area (Å²) < 4.78 is 45.5. The van der Waals surface area contributed by atoms with Crippen molar-refractivity contribution >= 4 is 44.9 Å². The molecule has 0 radical (unpaired) electrons. The van der Waals surface area contributed by atoms with E-state index in [2.05, 4.69) is 21.2 Å². The Bertz CT molecular complexity index is 1310. The van der Waals surface area contributed by atoms with Crippen LogP contribution in [0.15, 0.2) is 65.1 Å². The molecule has 0 unspecified atom stereocenters. The van der Waals surface area contributed by atoms with E-state index in [-0.39, 0.29) is 23.6 Å². The third kappa shape index (κ3) is 4.90.